The molecule has 0 spiro atoms. The fourth-order valence-corrected chi connectivity index (χ4v) is 2.70. The fraction of sp³-hybridized carbons (Fsp3) is 0.0667. The van der Waals surface area contributed by atoms with Crippen molar-refractivity contribution in [1.29, 1.82) is 0 Å². The minimum Gasteiger partial charge on any atom is -0.373 e. The van der Waals surface area contributed by atoms with E-state index in [2.05, 4.69) is 5.10 Å². The number of thioether (sulfide) groups is 1. The van der Waals surface area contributed by atoms with Crippen molar-refractivity contribution in [3.8, 4) is 0 Å². The topological polar surface area (TPSA) is 52.9 Å². The van der Waals surface area contributed by atoms with Crippen molar-refractivity contribution < 1.29 is 9.90 Å². The lowest BCUT2D eigenvalue weighted by atomic mass is 10.2. The van der Waals surface area contributed by atoms with Gasteiger partial charge in [0.15, 0.2) is 5.44 Å². The van der Waals surface area contributed by atoms with Crippen molar-refractivity contribution in [2.24, 2.45) is 5.10 Å². The van der Waals surface area contributed by atoms with E-state index in [9.17, 15) is 9.90 Å². The molecule has 100 valence electrons. The highest BCUT2D eigenvalue weighted by Gasteiger charge is 2.31. The van der Waals surface area contributed by atoms with Crippen LogP contribution in [0.5, 0.6) is 0 Å². The molecule has 20 heavy (non-hydrogen) atoms. The van der Waals surface area contributed by atoms with Crippen molar-refractivity contribution in [2.45, 2.75) is 5.44 Å². The normalized spacial score (nSPS) is 18.9. The number of carbonyl (C=O) groups excluding carboxylic acids is 1. The van der Waals surface area contributed by atoms with E-state index in [0.717, 1.165) is 17.3 Å². The van der Waals surface area contributed by atoms with Crippen LogP contribution in [0, 0.1) is 0 Å². The zero-order valence-corrected chi connectivity index (χ0v) is 11.3. The summed E-state index contributed by atoms with van der Waals surface area (Å²) < 4.78 is 0. The van der Waals surface area contributed by atoms with Crippen LogP contribution in [-0.4, -0.2) is 21.5 Å². The number of aliphatic hydroxyl groups is 1. The molecular weight excluding hydrogens is 272 g/mol. The van der Waals surface area contributed by atoms with Crippen LogP contribution in [0.2, 0.25) is 0 Å². The Bertz CT molecular complexity index is 643. The Kier molecular flexibility index (Phi) is 3.54. The van der Waals surface area contributed by atoms with Gasteiger partial charge in [-0.3, -0.25) is 4.79 Å². The van der Waals surface area contributed by atoms with Gasteiger partial charge in [0, 0.05) is 5.56 Å². The van der Waals surface area contributed by atoms with E-state index in [1.807, 2.05) is 48.5 Å². The van der Waals surface area contributed by atoms with Crippen molar-refractivity contribution in [3.63, 3.8) is 0 Å². The fourth-order valence-electron chi connectivity index (χ4n) is 1.89. The number of para-hydroxylation sites is 1. The molecule has 4 nitrogen and oxygen atoms in total. The second-order valence-electron chi connectivity index (χ2n) is 4.23. The van der Waals surface area contributed by atoms with Crippen LogP contribution >= 0.6 is 11.8 Å². The summed E-state index contributed by atoms with van der Waals surface area (Å²) in [5.74, 6) is -0.430. The molecule has 1 aliphatic heterocycles. The van der Waals surface area contributed by atoms with Gasteiger partial charge in [-0.2, -0.15) is 10.1 Å². The number of rotatable bonds is 2. The average Bonchev–Trinajstić information content (AvgIpc) is 2.51. The summed E-state index contributed by atoms with van der Waals surface area (Å²) in [6.45, 7) is 0. The summed E-state index contributed by atoms with van der Waals surface area (Å²) in [6, 6.07) is 18.6. The molecule has 0 aromatic heterocycles. The first-order valence-corrected chi connectivity index (χ1v) is 7.01. The monoisotopic (exact) mass is 284 g/mol. The lowest BCUT2D eigenvalue weighted by molar-refractivity contribution is -0.122. The smallest absolute Gasteiger partial charge is 0.287 e. The molecule has 2 aromatic carbocycles. The molecule has 2 aromatic rings. The molecule has 5 heteroatoms. The number of hydrogen-bond donors (Lipinski definition) is 1. The Morgan fingerprint density at radius 3 is 2.25 bits per heavy atom. The SMILES string of the molecule is O=C1C(O)SC(c2ccccc2)=NN1c1ccccc1. The molecular formula is C15H12N2O2S. The summed E-state index contributed by atoms with van der Waals surface area (Å²) in [5, 5.41) is 16.2. The molecule has 1 heterocycles. The number of carbonyl (C=O) groups is 1. The highest BCUT2D eigenvalue weighted by atomic mass is 32.2. The third-order valence-electron chi connectivity index (χ3n) is 2.86. The van der Waals surface area contributed by atoms with Crippen molar-refractivity contribution in [2.75, 3.05) is 5.01 Å². The van der Waals surface area contributed by atoms with Crippen LogP contribution in [0.3, 0.4) is 0 Å². The minimum absolute atomic E-state index is 0.430. The van der Waals surface area contributed by atoms with Gasteiger partial charge in [-0.15, -0.1) is 0 Å². The molecule has 0 fully saturated rings. The maximum absolute atomic E-state index is 12.1. The van der Waals surface area contributed by atoms with E-state index in [1.165, 1.54) is 5.01 Å². The van der Waals surface area contributed by atoms with Crippen LogP contribution in [0.1, 0.15) is 5.56 Å². The highest BCUT2D eigenvalue weighted by molar-refractivity contribution is 8.15. The first kappa shape index (κ1) is 12.9. The number of aliphatic hydroxyl groups excluding tert-OH is 1. The molecule has 0 aliphatic carbocycles. The minimum atomic E-state index is -1.14. The van der Waals surface area contributed by atoms with Crippen LogP contribution in [0.4, 0.5) is 5.69 Å². The van der Waals surface area contributed by atoms with Gasteiger partial charge in [-0.05, 0) is 12.1 Å². The van der Waals surface area contributed by atoms with Crippen molar-refractivity contribution in [1.82, 2.24) is 0 Å². The van der Waals surface area contributed by atoms with E-state index in [1.54, 1.807) is 12.1 Å². The third-order valence-corrected chi connectivity index (χ3v) is 3.82. The van der Waals surface area contributed by atoms with E-state index in [0.29, 0.717) is 10.7 Å². The Labute approximate surface area is 120 Å². The van der Waals surface area contributed by atoms with Crippen LogP contribution < -0.4 is 5.01 Å². The standard InChI is InChI=1S/C15H12N2O2S/c18-14-15(19)20-13(11-7-3-1-4-8-11)16-17(14)12-9-5-2-6-10-12/h1-10,15,19H. The zero-order chi connectivity index (χ0) is 13.9. The zero-order valence-electron chi connectivity index (χ0n) is 10.5. The van der Waals surface area contributed by atoms with E-state index < -0.39 is 11.3 Å². The van der Waals surface area contributed by atoms with Crippen LogP contribution in [0.25, 0.3) is 0 Å². The molecule has 0 saturated carbocycles. The molecule has 0 saturated heterocycles. The van der Waals surface area contributed by atoms with Gasteiger partial charge >= 0.3 is 0 Å². The Balaban J connectivity index is 2.02. The molecule has 1 aliphatic rings. The molecule has 3 rings (SSSR count). The summed E-state index contributed by atoms with van der Waals surface area (Å²) in [4.78, 5) is 12.1. The largest absolute Gasteiger partial charge is 0.373 e. The molecule has 0 bridgehead atoms. The van der Waals surface area contributed by atoms with E-state index in [-0.39, 0.29) is 0 Å². The number of hydrazone groups is 1. The number of hydrogen-bond acceptors (Lipinski definition) is 4. The molecule has 0 radical (unpaired) electrons. The number of amides is 1. The predicted molar refractivity (Wildman–Crippen MR) is 80.5 cm³/mol. The molecule has 1 unspecified atom stereocenters. The Morgan fingerprint density at radius 1 is 1.00 bits per heavy atom. The van der Waals surface area contributed by atoms with Crippen molar-refractivity contribution in [3.05, 3.63) is 66.2 Å². The van der Waals surface area contributed by atoms with Gasteiger partial charge in [-0.1, -0.05) is 60.3 Å². The lowest BCUT2D eigenvalue weighted by Crippen LogP contribution is -2.39. The quantitative estimate of drug-likeness (QED) is 0.921. The van der Waals surface area contributed by atoms with Crippen LogP contribution in [-0.2, 0) is 4.79 Å². The maximum atomic E-state index is 12.1. The second-order valence-corrected chi connectivity index (χ2v) is 5.30. The first-order chi connectivity index (χ1) is 9.75. The second kappa shape index (κ2) is 5.48. The summed E-state index contributed by atoms with van der Waals surface area (Å²) in [5.41, 5.74) is 0.387. The van der Waals surface area contributed by atoms with Gasteiger partial charge in [-0.25, -0.2) is 0 Å². The van der Waals surface area contributed by atoms with Gasteiger partial charge < -0.3 is 5.11 Å². The average molecular weight is 284 g/mol. The summed E-state index contributed by atoms with van der Waals surface area (Å²) in [6.07, 6.45) is 0. The molecule has 1 N–H and O–H groups in total. The van der Waals surface area contributed by atoms with E-state index in [4.69, 9.17) is 0 Å². The van der Waals surface area contributed by atoms with Crippen molar-refractivity contribution >= 4 is 28.4 Å². The Hall–Kier alpha value is -2.11. The van der Waals surface area contributed by atoms with Crippen LogP contribution in [0.15, 0.2) is 65.8 Å². The predicted octanol–water partition coefficient (Wildman–Crippen LogP) is 2.45. The number of benzene rings is 2. The summed E-state index contributed by atoms with van der Waals surface area (Å²) in [7, 11) is 0. The van der Waals surface area contributed by atoms with Gasteiger partial charge in [0.05, 0.1) is 5.69 Å². The number of anilines is 1. The van der Waals surface area contributed by atoms with E-state index >= 15 is 0 Å². The lowest BCUT2D eigenvalue weighted by Gasteiger charge is -2.26. The first-order valence-electron chi connectivity index (χ1n) is 6.13. The highest BCUT2D eigenvalue weighted by Crippen LogP contribution is 2.28. The third kappa shape index (κ3) is 2.45. The summed E-state index contributed by atoms with van der Waals surface area (Å²) >= 11 is 1.06. The van der Waals surface area contributed by atoms with Gasteiger partial charge in [0.2, 0.25) is 0 Å². The van der Waals surface area contributed by atoms with Gasteiger partial charge in [0.25, 0.3) is 5.91 Å². The molecule has 1 amide bonds. The molecule has 1 atom stereocenters. The van der Waals surface area contributed by atoms with Gasteiger partial charge in [0.1, 0.15) is 5.04 Å². The Morgan fingerprint density at radius 2 is 1.60 bits per heavy atom. The maximum Gasteiger partial charge on any atom is 0.287 e. The number of nitrogens with zero attached hydrogens (tertiary/aromatic N) is 2.